The van der Waals surface area contributed by atoms with Crippen molar-refractivity contribution < 1.29 is 0 Å². The number of thiocarbonyl (C=S) groups is 1. The summed E-state index contributed by atoms with van der Waals surface area (Å²) in [6.45, 7) is 2.48. The molecule has 1 aliphatic carbocycles. The molecular weight excluding hydrogens is 437 g/mol. The van der Waals surface area contributed by atoms with E-state index in [1.807, 2.05) is 0 Å². The van der Waals surface area contributed by atoms with Crippen LogP contribution in [0.5, 0.6) is 0 Å². The molecule has 1 aliphatic heterocycles. The first-order valence-electron chi connectivity index (χ1n) is 11.3. The van der Waals surface area contributed by atoms with E-state index in [-0.39, 0.29) is 4.08 Å². The Balaban J connectivity index is 1.47. The Morgan fingerprint density at radius 2 is 1.65 bits per heavy atom. The quantitative estimate of drug-likeness (QED) is 0.350. The van der Waals surface area contributed by atoms with E-state index in [0.717, 1.165) is 11.4 Å². The largest absolute Gasteiger partial charge is 0.364 e. The lowest BCUT2D eigenvalue weighted by molar-refractivity contribution is 0.0426. The standard InChI is InChI=1S/C26H34N2S3/c1-27(23-11-7-16-26(30-2,31-3)25(23)28-17-8-18-28)24(29)19-20-12-14-22(15-13-20)21-9-5-4-6-10-21/h4-6,9-10,12-15,23,25H,7-8,11,16-19H2,1-3H3. The zero-order valence-electron chi connectivity index (χ0n) is 18.9. The van der Waals surface area contributed by atoms with Crippen LogP contribution in [0, 0.1) is 0 Å². The summed E-state index contributed by atoms with van der Waals surface area (Å²) in [5, 5.41) is 0. The Kier molecular flexibility index (Phi) is 7.68. The van der Waals surface area contributed by atoms with Gasteiger partial charge in [0.05, 0.1) is 15.1 Å². The van der Waals surface area contributed by atoms with Crippen molar-refractivity contribution in [2.75, 3.05) is 32.6 Å². The fraction of sp³-hybridized carbons (Fsp3) is 0.500. The van der Waals surface area contributed by atoms with Crippen LogP contribution < -0.4 is 0 Å². The molecule has 1 saturated heterocycles. The summed E-state index contributed by atoms with van der Waals surface area (Å²) < 4.78 is 0.282. The highest BCUT2D eigenvalue weighted by Crippen LogP contribution is 2.50. The molecule has 2 aliphatic rings. The second-order valence-corrected chi connectivity index (χ2v) is 11.8. The van der Waals surface area contributed by atoms with Crippen molar-refractivity contribution >= 4 is 40.7 Å². The van der Waals surface area contributed by atoms with Crippen LogP contribution in [-0.4, -0.2) is 63.6 Å². The second-order valence-electron chi connectivity index (χ2n) is 8.76. The molecule has 2 aromatic carbocycles. The average Bonchev–Trinajstić information content (AvgIpc) is 2.79. The van der Waals surface area contributed by atoms with Crippen molar-refractivity contribution in [3.05, 3.63) is 60.2 Å². The fourth-order valence-electron chi connectivity index (χ4n) is 5.16. The van der Waals surface area contributed by atoms with Gasteiger partial charge in [-0.2, -0.15) is 0 Å². The second kappa shape index (κ2) is 10.3. The SMILES string of the molecule is CSC1(SC)CCCC(N(C)C(=S)Cc2ccc(-c3ccccc3)cc2)C1N1CCC1. The molecule has 0 spiro atoms. The fourth-order valence-corrected chi connectivity index (χ4v) is 7.92. The van der Waals surface area contributed by atoms with Gasteiger partial charge >= 0.3 is 0 Å². The van der Waals surface area contributed by atoms with E-state index in [9.17, 15) is 0 Å². The lowest BCUT2D eigenvalue weighted by Gasteiger charge is -2.56. The summed E-state index contributed by atoms with van der Waals surface area (Å²) in [6.07, 6.45) is 10.6. The third kappa shape index (κ3) is 4.85. The van der Waals surface area contributed by atoms with E-state index >= 15 is 0 Å². The first-order valence-corrected chi connectivity index (χ1v) is 14.2. The molecule has 0 N–H and O–H groups in total. The molecule has 31 heavy (non-hydrogen) atoms. The van der Waals surface area contributed by atoms with Crippen molar-refractivity contribution in [1.29, 1.82) is 0 Å². The molecular formula is C26H34N2S3. The lowest BCUT2D eigenvalue weighted by atomic mass is 9.85. The summed E-state index contributed by atoms with van der Waals surface area (Å²) in [4.78, 5) is 6.25. The molecule has 0 radical (unpaired) electrons. The Morgan fingerprint density at radius 3 is 2.23 bits per heavy atom. The molecule has 5 heteroatoms. The van der Waals surface area contributed by atoms with Crippen LogP contribution in [0.2, 0.25) is 0 Å². The first kappa shape index (κ1) is 23.2. The van der Waals surface area contributed by atoms with Crippen LogP contribution in [0.25, 0.3) is 11.1 Å². The number of likely N-dealkylation sites (tertiary alicyclic amines) is 1. The minimum absolute atomic E-state index is 0.282. The summed E-state index contributed by atoms with van der Waals surface area (Å²) in [7, 11) is 2.24. The maximum atomic E-state index is 6.00. The number of benzene rings is 2. The van der Waals surface area contributed by atoms with Gasteiger partial charge in [-0.25, -0.2) is 0 Å². The maximum absolute atomic E-state index is 6.00. The Morgan fingerprint density at radius 1 is 1.00 bits per heavy atom. The first-order chi connectivity index (χ1) is 15.1. The molecule has 2 fully saturated rings. The van der Waals surface area contributed by atoms with E-state index in [4.69, 9.17) is 12.2 Å². The maximum Gasteiger partial charge on any atom is 0.0824 e. The third-order valence-corrected chi connectivity index (χ3v) is 10.8. The van der Waals surface area contributed by atoms with Crippen molar-refractivity contribution in [2.45, 2.75) is 48.3 Å². The van der Waals surface area contributed by atoms with E-state index < -0.39 is 0 Å². The molecule has 1 saturated carbocycles. The van der Waals surface area contributed by atoms with Gasteiger partial charge in [-0.3, -0.25) is 4.90 Å². The molecule has 2 atom stereocenters. The normalized spacial score (nSPS) is 23.2. The summed E-state index contributed by atoms with van der Waals surface area (Å²) >= 11 is 10.1. The number of thioether (sulfide) groups is 2. The van der Waals surface area contributed by atoms with Crippen molar-refractivity contribution in [1.82, 2.24) is 9.80 Å². The summed E-state index contributed by atoms with van der Waals surface area (Å²) in [6, 6.07) is 20.6. The summed E-state index contributed by atoms with van der Waals surface area (Å²) in [5.74, 6) is 0. The Bertz CT molecular complexity index is 860. The van der Waals surface area contributed by atoms with Gasteiger partial charge in [-0.15, -0.1) is 23.5 Å². The van der Waals surface area contributed by atoms with Gasteiger partial charge < -0.3 is 4.90 Å². The van der Waals surface area contributed by atoms with Crippen molar-refractivity contribution in [2.24, 2.45) is 0 Å². The van der Waals surface area contributed by atoms with E-state index in [0.29, 0.717) is 12.1 Å². The van der Waals surface area contributed by atoms with Gasteiger partial charge in [-0.05, 0) is 68.0 Å². The molecule has 2 aromatic rings. The molecule has 1 heterocycles. The molecule has 4 rings (SSSR count). The van der Waals surface area contributed by atoms with Crippen LogP contribution in [0.1, 0.15) is 31.2 Å². The van der Waals surface area contributed by atoms with Crippen LogP contribution in [-0.2, 0) is 6.42 Å². The molecule has 0 aromatic heterocycles. The predicted molar refractivity (Wildman–Crippen MR) is 143 cm³/mol. The molecule has 0 bridgehead atoms. The number of hydrogen-bond donors (Lipinski definition) is 0. The molecule has 0 amide bonds. The van der Waals surface area contributed by atoms with Crippen LogP contribution in [0.15, 0.2) is 54.6 Å². The Hall–Kier alpha value is -1.01. The number of likely N-dealkylation sites (N-methyl/N-ethyl adjacent to an activating group) is 1. The highest BCUT2D eigenvalue weighted by Gasteiger charge is 2.50. The zero-order chi connectivity index (χ0) is 21.8. The number of hydrogen-bond acceptors (Lipinski definition) is 4. The topological polar surface area (TPSA) is 6.48 Å². The van der Waals surface area contributed by atoms with Crippen molar-refractivity contribution in [3.8, 4) is 11.1 Å². The minimum atomic E-state index is 0.282. The van der Waals surface area contributed by atoms with Gasteiger partial charge in [0.25, 0.3) is 0 Å². The molecule has 2 unspecified atom stereocenters. The van der Waals surface area contributed by atoms with Gasteiger partial charge in [0.1, 0.15) is 0 Å². The van der Waals surface area contributed by atoms with E-state index in [1.165, 1.54) is 55.5 Å². The lowest BCUT2D eigenvalue weighted by Crippen LogP contribution is -2.65. The summed E-state index contributed by atoms with van der Waals surface area (Å²) in [5.41, 5.74) is 3.83. The molecule has 166 valence electrons. The van der Waals surface area contributed by atoms with Crippen LogP contribution in [0.4, 0.5) is 0 Å². The minimum Gasteiger partial charge on any atom is -0.364 e. The number of nitrogens with zero attached hydrogens (tertiary/aromatic N) is 2. The van der Waals surface area contributed by atoms with E-state index in [1.54, 1.807) is 0 Å². The number of rotatable bonds is 7. The smallest absolute Gasteiger partial charge is 0.0824 e. The molecule has 2 nitrogen and oxygen atoms in total. The van der Waals surface area contributed by atoms with Gasteiger partial charge in [0.15, 0.2) is 0 Å². The zero-order valence-corrected chi connectivity index (χ0v) is 21.4. The monoisotopic (exact) mass is 470 g/mol. The highest BCUT2D eigenvalue weighted by atomic mass is 32.2. The third-order valence-electron chi connectivity index (χ3n) is 7.12. The Labute approximate surface area is 202 Å². The average molecular weight is 471 g/mol. The highest BCUT2D eigenvalue weighted by molar-refractivity contribution is 8.17. The predicted octanol–water partition coefficient (Wildman–Crippen LogP) is 6.20. The van der Waals surface area contributed by atoms with E-state index in [2.05, 4.69) is 107 Å². The van der Waals surface area contributed by atoms with Gasteiger partial charge in [-0.1, -0.05) is 66.8 Å². The van der Waals surface area contributed by atoms with Gasteiger partial charge in [0, 0.05) is 19.5 Å². The van der Waals surface area contributed by atoms with Crippen LogP contribution >= 0.6 is 35.7 Å². The van der Waals surface area contributed by atoms with Gasteiger partial charge in [0.2, 0.25) is 0 Å². The van der Waals surface area contributed by atoms with Crippen LogP contribution in [0.3, 0.4) is 0 Å². The van der Waals surface area contributed by atoms with Crippen molar-refractivity contribution in [3.63, 3.8) is 0 Å².